The predicted molar refractivity (Wildman–Crippen MR) is 109 cm³/mol. The Bertz CT molecular complexity index is 1130. The molecule has 1 N–H and O–H groups in total. The zero-order valence-corrected chi connectivity index (χ0v) is 17.8. The molecule has 0 bridgehead atoms. The molecule has 0 unspecified atom stereocenters. The van der Waals surface area contributed by atoms with Crippen molar-refractivity contribution in [2.75, 3.05) is 26.3 Å². The van der Waals surface area contributed by atoms with Gasteiger partial charge in [-0.2, -0.15) is 17.5 Å². The number of carbonyl (C=O) groups excluding carboxylic acids is 1. The maximum atomic E-state index is 12.8. The summed E-state index contributed by atoms with van der Waals surface area (Å²) in [5, 5.41) is 2.53. The number of morpholine rings is 1. The van der Waals surface area contributed by atoms with Gasteiger partial charge in [-0.15, -0.1) is 0 Å². The average molecular weight is 473 g/mol. The fourth-order valence-corrected chi connectivity index (χ4v) is 4.77. The van der Waals surface area contributed by atoms with Crippen LogP contribution < -0.4 is 10.9 Å². The van der Waals surface area contributed by atoms with Gasteiger partial charge in [-0.25, -0.2) is 8.42 Å². The molecule has 8 nitrogen and oxygen atoms in total. The number of amides is 1. The molecule has 0 saturated carbocycles. The Morgan fingerprint density at radius 1 is 1.06 bits per heavy atom. The van der Waals surface area contributed by atoms with Crippen LogP contribution in [0.5, 0.6) is 0 Å². The van der Waals surface area contributed by atoms with Crippen LogP contribution in [0.3, 0.4) is 0 Å². The highest BCUT2D eigenvalue weighted by Gasteiger charge is 2.31. The molecule has 1 amide bonds. The molecular weight excluding hydrogens is 451 g/mol. The van der Waals surface area contributed by atoms with Gasteiger partial charge in [-0.3, -0.25) is 9.59 Å². The monoisotopic (exact) mass is 473 g/mol. The van der Waals surface area contributed by atoms with E-state index in [1.165, 1.54) is 4.31 Å². The quantitative estimate of drug-likeness (QED) is 0.655. The molecule has 3 rings (SSSR count). The minimum Gasteiger partial charge on any atom is -0.379 e. The first kappa shape index (κ1) is 24.0. The number of rotatable bonds is 7. The van der Waals surface area contributed by atoms with E-state index in [0.717, 1.165) is 6.07 Å². The smallest absolute Gasteiger partial charge is 0.379 e. The number of ether oxygens (including phenoxy) is 1. The van der Waals surface area contributed by atoms with Crippen molar-refractivity contribution < 1.29 is 31.1 Å². The summed E-state index contributed by atoms with van der Waals surface area (Å²) in [6, 6.07) is 8.06. The van der Waals surface area contributed by atoms with Crippen LogP contribution >= 0.6 is 0 Å². The third-order valence-electron chi connectivity index (χ3n) is 4.92. The number of aromatic nitrogens is 1. The van der Waals surface area contributed by atoms with Crippen molar-refractivity contribution in [3.63, 3.8) is 0 Å². The lowest BCUT2D eigenvalue weighted by atomic mass is 10.1. The largest absolute Gasteiger partial charge is 0.417 e. The topological polar surface area (TPSA) is 97.7 Å². The summed E-state index contributed by atoms with van der Waals surface area (Å²) in [5.74, 6) is -0.941. The SMILES string of the molecule is O=C(Cn1cc(C(F)(F)F)ccc1=O)NCc1ccccc1CS(=O)(=O)N1CCOCC1. The Morgan fingerprint density at radius 2 is 1.72 bits per heavy atom. The Labute approximate surface area is 182 Å². The Hall–Kier alpha value is -2.70. The highest BCUT2D eigenvalue weighted by molar-refractivity contribution is 7.88. The number of carbonyl (C=O) groups is 1. The van der Waals surface area contributed by atoms with Gasteiger partial charge < -0.3 is 14.6 Å². The number of alkyl halides is 3. The second-order valence-electron chi connectivity index (χ2n) is 7.19. The van der Waals surface area contributed by atoms with E-state index < -0.39 is 39.8 Å². The highest BCUT2D eigenvalue weighted by atomic mass is 32.2. The van der Waals surface area contributed by atoms with Crippen LogP contribution in [0.4, 0.5) is 13.2 Å². The molecule has 0 radical (unpaired) electrons. The maximum absolute atomic E-state index is 12.8. The number of hydrogen-bond acceptors (Lipinski definition) is 5. The molecule has 1 aliphatic rings. The Morgan fingerprint density at radius 3 is 2.38 bits per heavy atom. The first-order valence-corrected chi connectivity index (χ1v) is 11.3. The van der Waals surface area contributed by atoms with Crippen molar-refractivity contribution in [2.45, 2.75) is 25.0 Å². The molecule has 2 aromatic rings. The fourth-order valence-electron chi connectivity index (χ4n) is 3.21. The molecule has 12 heteroatoms. The lowest BCUT2D eigenvalue weighted by molar-refractivity contribution is -0.138. The lowest BCUT2D eigenvalue weighted by Gasteiger charge is -2.26. The predicted octanol–water partition coefficient (Wildman–Crippen LogP) is 1.35. The summed E-state index contributed by atoms with van der Waals surface area (Å²) in [4.78, 5) is 24.1. The van der Waals surface area contributed by atoms with Crippen LogP contribution in [0, 0.1) is 0 Å². The van der Waals surface area contributed by atoms with Crippen molar-refractivity contribution in [1.29, 1.82) is 0 Å². The molecule has 1 fully saturated rings. The summed E-state index contributed by atoms with van der Waals surface area (Å²) in [6.45, 7) is 0.552. The van der Waals surface area contributed by atoms with Crippen LogP contribution in [0.25, 0.3) is 0 Å². The maximum Gasteiger partial charge on any atom is 0.417 e. The molecule has 2 heterocycles. The van der Waals surface area contributed by atoms with Gasteiger partial charge in [0.15, 0.2) is 0 Å². The minimum absolute atomic E-state index is 0.0403. The molecule has 0 aliphatic carbocycles. The van der Waals surface area contributed by atoms with Gasteiger partial charge in [0.2, 0.25) is 15.9 Å². The van der Waals surface area contributed by atoms with Crippen LogP contribution in [0.2, 0.25) is 0 Å². The summed E-state index contributed by atoms with van der Waals surface area (Å²) in [7, 11) is -3.58. The number of pyridine rings is 1. The van der Waals surface area contributed by atoms with E-state index in [1.807, 2.05) is 0 Å². The lowest BCUT2D eigenvalue weighted by Crippen LogP contribution is -2.41. The molecule has 0 atom stereocenters. The highest BCUT2D eigenvalue weighted by Crippen LogP contribution is 2.28. The standard InChI is InChI=1S/C20H22F3N3O5S/c21-20(22,23)17-5-6-19(28)25(12-17)13-18(27)24-11-15-3-1-2-4-16(15)14-32(29,30)26-7-9-31-10-8-26/h1-6,12H,7-11,13-14H2,(H,24,27). The van der Waals surface area contributed by atoms with E-state index in [2.05, 4.69) is 5.32 Å². The zero-order chi connectivity index (χ0) is 23.4. The van der Waals surface area contributed by atoms with E-state index in [-0.39, 0.29) is 25.4 Å². The fraction of sp³-hybridized carbons (Fsp3) is 0.400. The average Bonchev–Trinajstić information content (AvgIpc) is 2.74. The third-order valence-corrected chi connectivity index (χ3v) is 6.75. The van der Waals surface area contributed by atoms with E-state index in [1.54, 1.807) is 24.3 Å². The van der Waals surface area contributed by atoms with E-state index >= 15 is 0 Å². The number of halogens is 3. The molecular formula is C20H22F3N3O5S. The van der Waals surface area contributed by atoms with E-state index in [9.17, 15) is 31.2 Å². The van der Waals surface area contributed by atoms with Crippen LogP contribution in [0.15, 0.2) is 47.4 Å². The summed E-state index contributed by atoms with van der Waals surface area (Å²) in [6.07, 6.45) is -4.05. The molecule has 0 spiro atoms. The molecule has 1 aromatic carbocycles. The van der Waals surface area contributed by atoms with Crippen LogP contribution in [-0.2, 0) is 44.6 Å². The molecule has 1 aromatic heterocycles. The van der Waals surface area contributed by atoms with Gasteiger partial charge >= 0.3 is 6.18 Å². The number of nitrogens with zero attached hydrogens (tertiary/aromatic N) is 2. The van der Waals surface area contributed by atoms with Gasteiger partial charge in [0.25, 0.3) is 5.56 Å². The van der Waals surface area contributed by atoms with Crippen LogP contribution in [0.1, 0.15) is 16.7 Å². The third kappa shape index (κ3) is 6.17. The van der Waals surface area contributed by atoms with Gasteiger partial charge in [0.1, 0.15) is 6.54 Å². The van der Waals surface area contributed by atoms with E-state index in [4.69, 9.17) is 4.74 Å². The van der Waals surface area contributed by atoms with Gasteiger partial charge in [-0.1, -0.05) is 24.3 Å². The van der Waals surface area contributed by atoms with Gasteiger partial charge in [-0.05, 0) is 17.2 Å². The number of sulfonamides is 1. The minimum atomic E-state index is -4.64. The van der Waals surface area contributed by atoms with Crippen molar-refractivity contribution in [1.82, 2.24) is 14.2 Å². The zero-order valence-electron chi connectivity index (χ0n) is 17.0. The van der Waals surface area contributed by atoms with Crippen molar-refractivity contribution >= 4 is 15.9 Å². The second-order valence-corrected chi connectivity index (χ2v) is 9.16. The van der Waals surface area contributed by atoms with Gasteiger partial charge in [0.05, 0.1) is 24.5 Å². The number of benzene rings is 1. The van der Waals surface area contributed by atoms with Gasteiger partial charge in [0, 0.05) is 31.9 Å². The van der Waals surface area contributed by atoms with E-state index in [0.29, 0.717) is 41.2 Å². The first-order valence-electron chi connectivity index (χ1n) is 9.73. The normalized spacial score (nSPS) is 15.5. The van der Waals surface area contributed by atoms with Crippen molar-refractivity contribution in [3.05, 3.63) is 69.6 Å². The van der Waals surface area contributed by atoms with Crippen LogP contribution in [-0.4, -0.2) is 49.5 Å². The first-order chi connectivity index (χ1) is 15.1. The second kappa shape index (κ2) is 9.84. The molecule has 1 aliphatic heterocycles. The van der Waals surface area contributed by atoms with Crippen molar-refractivity contribution in [2.24, 2.45) is 0 Å². The number of hydrogen-bond donors (Lipinski definition) is 1. The Kier molecular flexibility index (Phi) is 7.36. The summed E-state index contributed by atoms with van der Waals surface area (Å²) >= 11 is 0. The molecule has 32 heavy (non-hydrogen) atoms. The Balaban J connectivity index is 1.67. The molecule has 174 valence electrons. The number of nitrogens with one attached hydrogen (secondary N) is 1. The summed E-state index contributed by atoms with van der Waals surface area (Å²) < 4.78 is 71.1. The summed E-state index contributed by atoms with van der Waals surface area (Å²) in [5.41, 5.74) is -0.738. The van der Waals surface area contributed by atoms with Crippen molar-refractivity contribution in [3.8, 4) is 0 Å². The molecule has 1 saturated heterocycles.